The second kappa shape index (κ2) is 33.4. The van der Waals surface area contributed by atoms with Crippen LogP contribution in [0.15, 0.2) is 0 Å². The number of cyclic esters (lactones) is 1. The van der Waals surface area contributed by atoms with Gasteiger partial charge in [-0.15, -0.1) is 0 Å². The van der Waals surface area contributed by atoms with Gasteiger partial charge in [0.25, 0.3) is 0 Å². The molecule has 72 heavy (non-hydrogen) atoms. The highest BCUT2D eigenvalue weighted by Crippen LogP contribution is 2.20. The van der Waals surface area contributed by atoms with Crippen LogP contribution in [0.1, 0.15) is 186 Å². The SMILES string of the molecule is CC[C@@H](C)[C@@H]1NC(=O)[C@H](CC(C)C)NC(=O)[C@@H](CC(=O)O)NC(=O)[C@H](C(C)C)NC(=O)[C@H](CC(C)C)NC(=O)[C@@H](CC(C)C)NC(=O)[C@@H](CCC(N)=O)NC(=O)C[C@H](CCCCCCCCC(C)C)OC1=O. The lowest BCUT2D eigenvalue weighted by Crippen LogP contribution is -2.61. The van der Waals surface area contributed by atoms with Crippen molar-refractivity contribution < 1.29 is 57.8 Å². The Balaban J connectivity index is 3.99. The zero-order valence-corrected chi connectivity index (χ0v) is 45.4. The molecular weight excluding hydrogens is 929 g/mol. The summed E-state index contributed by atoms with van der Waals surface area (Å²) >= 11 is 0. The van der Waals surface area contributed by atoms with Crippen LogP contribution in [0.25, 0.3) is 0 Å². The molecule has 0 aromatic carbocycles. The minimum atomic E-state index is -1.72. The highest BCUT2D eigenvalue weighted by molar-refractivity contribution is 5.98. The van der Waals surface area contributed by atoms with E-state index < -0.39 is 132 Å². The first-order chi connectivity index (χ1) is 33.6. The van der Waals surface area contributed by atoms with E-state index in [2.05, 4.69) is 51.1 Å². The third-order valence-corrected chi connectivity index (χ3v) is 12.6. The van der Waals surface area contributed by atoms with Crippen molar-refractivity contribution in [2.75, 3.05) is 0 Å². The largest absolute Gasteiger partial charge is 0.481 e. The summed E-state index contributed by atoms with van der Waals surface area (Å²) in [6.07, 6.45) is 4.64. The van der Waals surface area contributed by atoms with Crippen LogP contribution < -0.4 is 43.0 Å². The molecule has 0 spiro atoms. The average molecular weight is 1020 g/mol. The number of nitrogens with one attached hydrogen (secondary N) is 7. The number of unbranched alkanes of at least 4 members (excludes halogenated alkanes) is 5. The molecule has 8 amide bonds. The molecule has 20 nitrogen and oxygen atoms in total. The third kappa shape index (κ3) is 25.9. The lowest BCUT2D eigenvalue weighted by Gasteiger charge is -2.30. The number of carboxylic acid groups (broad SMARTS) is 1. The van der Waals surface area contributed by atoms with E-state index in [4.69, 9.17) is 10.5 Å². The van der Waals surface area contributed by atoms with Gasteiger partial charge in [-0.3, -0.25) is 43.2 Å². The lowest BCUT2D eigenvalue weighted by molar-refractivity contribution is -0.156. The van der Waals surface area contributed by atoms with Gasteiger partial charge in [0.2, 0.25) is 47.3 Å². The molecule has 10 N–H and O–H groups in total. The highest BCUT2D eigenvalue weighted by atomic mass is 16.5. The molecule has 0 aliphatic carbocycles. The molecule has 1 rings (SSSR count). The Morgan fingerprint density at radius 2 is 0.972 bits per heavy atom. The number of rotatable bonds is 23. The van der Waals surface area contributed by atoms with Crippen molar-refractivity contribution in [1.82, 2.24) is 37.2 Å². The van der Waals surface area contributed by atoms with Gasteiger partial charge < -0.3 is 52.8 Å². The van der Waals surface area contributed by atoms with E-state index >= 15 is 0 Å². The molecule has 0 unspecified atom stereocenters. The summed E-state index contributed by atoms with van der Waals surface area (Å²) in [6, 6.07) is -9.49. The Kier molecular flexibility index (Phi) is 30.0. The number of nitrogens with two attached hydrogens (primary N) is 1. The molecule has 9 atom stereocenters. The molecule has 0 radical (unpaired) electrons. The molecule has 1 aliphatic heterocycles. The second-order valence-electron chi connectivity index (χ2n) is 21.8. The monoisotopic (exact) mass is 1020 g/mol. The van der Waals surface area contributed by atoms with Gasteiger partial charge in [0.15, 0.2) is 0 Å². The molecule has 0 saturated carbocycles. The van der Waals surface area contributed by atoms with Gasteiger partial charge in [-0.1, -0.05) is 128 Å². The van der Waals surface area contributed by atoms with E-state index in [1.807, 2.05) is 27.7 Å². The second-order valence-corrected chi connectivity index (χ2v) is 21.8. The van der Waals surface area contributed by atoms with Crippen molar-refractivity contribution >= 4 is 59.2 Å². The molecular formula is C52H92N8O12. The average Bonchev–Trinajstić information content (AvgIpc) is 3.26. The van der Waals surface area contributed by atoms with Gasteiger partial charge in [0.1, 0.15) is 48.4 Å². The van der Waals surface area contributed by atoms with Gasteiger partial charge in [-0.2, -0.15) is 0 Å². The first kappa shape index (κ1) is 64.7. The van der Waals surface area contributed by atoms with Gasteiger partial charge >= 0.3 is 11.9 Å². The Hall–Kier alpha value is -5.30. The van der Waals surface area contributed by atoms with E-state index in [9.17, 15) is 53.1 Å². The summed E-state index contributed by atoms with van der Waals surface area (Å²) in [5, 5.41) is 28.4. The molecule has 0 aromatic heterocycles. The smallest absolute Gasteiger partial charge is 0.329 e. The fourth-order valence-electron chi connectivity index (χ4n) is 8.37. The van der Waals surface area contributed by atoms with Crippen molar-refractivity contribution in [2.24, 2.45) is 41.2 Å². The standard InChI is InChI=1S/C52H92N8O12/c1-13-34(12)45-52(71)72-35(21-19-17-15-14-16-18-20-29(2)3)27-42(62)54-36(22-23-41(53)61)46(65)55-37(24-30(4)5)47(66)56-38(25-31(6)7)49(68)59-44(33(10)11)51(70)58-40(28-43(63)64)48(67)57-39(26-32(8)9)50(69)60-45/h29-40,44-45H,13-28H2,1-12H3,(H2,53,61)(H,54,62)(H,55,65)(H,56,66)(H,57,67)(H,58,70)(H,59,68)(H,60,69)(H,63,64)/t34-,35+,36-,37-,38+,39+,40-,44+,45+/m1/s1. The number of amides is 8. The van der Waals surface area contributed by atoms with E-state index in [1.165, 1.54) is 0 Å². The molecule has 0 aromatic rings. The molecule has 1 saturated heterocycles. The number of hydrogen-bond donors (Lipinski definition) is 9. The minimum Gasteiger partial charge on any atom is -0.481 e. The van der Waals surface area contributed by atoms with Crippen LogP contribution in [-0.4, -0.2) is 113 Å². The van der Waals surface area contributed by atoms with Crippen molar-refractivity contribution in [1.29, 1.82) is 0 Å². The highest BCUT2D eigenvalue weighted by Gasteiger charge is 2.38. The fraction of sp³-hybridized carbons (Fsp3) is 0.808. The summed E-state index contributed by atoms with van der Waals surface area (Å²) in [7, 11) is 0. The van der Waals surface area contributed by atoms with Crippen molar-refractivity contribution in [2.45, 2.75) is 234 Å². The van der Waals surface area contributed by atoms with Gasteiger partial charge in [-0.05, 0) is 74.0 Å². The zero-order valence-electron chi connectivity index (χ0n) is 45.4. The molecule has 1 heterocycles. The Bertz CT molecular complexity index is 1790. The quantitative estimate of drug-likeness (QED) is 0.0517. The van der Waals surface area contributed by atoms with Crippen molar-refractivity contribution in [3.05, 3.63) is 0 Å². The number of primary amides is 1. The van der Waals surface area contributed by atoms with Gasteiger partial charge in [0.05, 0.1) is 12.8 Å². The van der Waals surface area contributed by atoms with E-state index in [0.717, 1.165) is 38.5 Å². The van der Waals surface area contributed by atoms with Crippen LogP contribution >= 0.6 is 0 Å². The summed E-state index contributed by atoms with van der Waals surface area (Å²) in [4.78, 5) is 137. The number of esters is 1. The van der Waals surface area contributed by atoms with Crippen LogP contribution in [0.5, 0.6) is 0 Å². The molecule has 412 valence electrons. The topological polar surface area (TPSA) is 310 Å². The molecule has 20 heteroatoms. The maximum atomic E-state index is 14.3. The summed E-state index contributed by atoms with van der Waals surface area (Å²) in [5.41, 5.74) is 5.49. The van der Waals surface area contributed by atoms with Crippen LogP contribution in [0.2, 0.25) is 0 Å². The van der Waals surface area contributed by atoms with Crippen LogP contribution in [-0.2, 0) is 52.7 Å². The third-order valence-electron chi connectivity index (χ3n) is 12.6. The molecule has 1 aliphatic rings. The van der Waals surface area contributed by atoms with E-state index in [0.29, 0.717) is 18.8 Å². The van der Waals surface area contributed by atoms with Crippen molar-refractivity contribution in [3.63, 3.8) is 0 Å². The van der Waals surface area contributed by atoms with Gasteiger partial charge in [-0.25, -0.2) is 4.79 Å². The summed E-state index contributed by atoms with van der Waals surface area (Å²) in [5.74, 6) is -9.80. The summed E-state index contributed by atoms with van der Waals surface area (Å²) in [6.45, 7) is 22.0. The molecule has 1 fully saturated rings. The Morgan fingerprint density at radius 3 is 1.42 bits per heavy atom. The minimum absolute atomic E-state index is 0.0456. The Labute approximate surface area is 428 Å². The van der Waals surface area contributed by atoms with Crippen LogP contribution in [0.3, 0.4) is 0 Å². The van der Waals surface area contributed by atoms with Gasteiger partial charge in [0, 0.05) is 6.42 Å². The fourth-order valence-corrected chi connectivity index (χ4v) is 8.37. The zero-order chi connectivity index (χ0) is 54.8. The van der Waals surface area contributed by atoms with Crippen molar-refractivity contribution in [3.8, 4) is 0 Å². The number of aliphatic carboxylic acids is 1. The maximum Gasteiger partial charge on any atom is 0.329 e. The first-order valence-electron chi connectivity index (χ1n) is 26.5. The predicted molar refractivity (Wildman–Crippen MR) is 273 cm³/mol. The van der Waals surface area contributed by atoms with Crippen LogP contribution in [0, 0.1) is 35.5 Å². The first-order valence-corrected chi connectivity index (χ1v) is 26.5. The number of carbonyl (C=O) groups excluding carboxylic acids is 9. The van der Waals surface area contributed by atoms with E-state index in [1.54, 1.807) is 41.5 Å². The number of hydrogen-bond acceptors (Lipinski definition) is 11. The number of carbonyl (C=O) groups is 10. The molecule has 0 bridgehead atoms. The van der Waals surface area contributed by atoms with Crippen LogP contribution in [0.4, 0.5) is 0 Å². The number of ether oxygens (including phenoxy) is 1. The maximum absolute atomic E-state index is 14.3. The lowest BCUT2D eigenvalue weighted by atomic mass is 9.97. The predicted octanol–water partition coefficient (Wildman–Crippen LogP) is 4.05. The normalized spacial score (nSPS) is 24.6. The number of carboxylic acids is 1. The van der Waals surface area contributed by atoms with E-state index in [-0.39, 0.29) is 56.3 Å². The summed E-state index contributed by atoms with van der Waals surface area (Å²) < 4.78 is 6.07. The Morgan fingerprint density at radius 1 is 0.542 bits per heavy atom.